The van der Waals surface area contributed by atoms with Gasteiger partial charge in [-0.15, -0.1) is 0 Å². The van der Waals surface area contributed by atoms with Crippen LogP contribution < -0.4 is 15.4 Å². The molecule has 208 valence electrons. The molecule has 0 spiro atoms. The van der Waals surface area contributed by atoms with Gasteiger partial charge in [-0.25, -0.2) is 0 Å². The number of aliphatic hydroxyl groups is 1. The van der Waals surface area contributed by atoms with Crippen molar-refractivity contribution in [1.29, 1.82) is 0 Å². The second-order valence-electron chi connectivity index (χ2n) is 10.3. The van der Waals surface area contributed by atoms with Gasteiger partial charge in [0.25, 0.3) is 5.91 Å². The number of anilines is 1. The van der Waals surface area contributed by atoms with E-state index in [0.717, 1.165) is 24.8 Å². The number of likely N-dealkylation sites (N-methyl/N-ethyl adjacent to an activating group) is 1. The van der Waals surface area contributed by atoms with Crippen LogP contribution in [0.1, 0.15) is 56.0 Å². The van der Waals surface area contributed by atoms with Gasteiger partial charge in [0.15, 0.2) is 0 Å². The van der Waals surface area contributed by atoms with Crippen molar-refractivity contribution in [3.05, 3.63) is 59.7 Å². The van der Waals surface area contributed by atoms with Crippen LogP contribution in [0.4, 0.5) is 5.69 Å². The highest BCUT2D eigenvalue weighted by atomic mass is 16.5. The van der Waals surface area contributed by atoms with Crippen molar-refractivity contribution in [1.82, 2.24) is 10.2 Å². The monoisotopic (exact) mass is 525 g/mol. The predicted octanol–water partition coefficient (Wildman–Crippen LogP) is 3.88. The number of aliphatic hydroxyl groups excluding tert-OH is 1. The highest BCUT2D eigenvalue weighted by molar-refractivity contribution is 6.00. The third kappa shape index (κ3) is 8.55. The molecule has 1 aliphatic rings. The van der Waals surface area contributed by atoms with Gasteiger partial charge in [0, 0.05) is 31.3 Å². The molecule has 0 aromatic heterocycles. The number of carbonyl (C=O) groups is 2. The predicted molar refractivity (Wildman–Crippen MR) is 150 cm³/mol. The van der Waals surface area contributed by atoms with E-state index in [0.29, 0.717) is 36.7 Å². The van der Waals surface area contributed by atoms with E-state index in [4.69, 9.17) is 9.47 Å². The van der Waals surface area contributed by atoms with Gasteiger partial charge in [0.1, 0.15) is 5.75 Å². The summed E-state index contributed by atoms with van der Waals surface area (Å²) in [5.74, 6) is 0.0897. The smallest absolute Gasteiger partial charge is 0.258 e. The molecule has 0 saturated heterocycles. The average molecular weight is 526 g/mol. The van der Waals surface area contributed by atoms with E-state index in [9.17, 15) is 14.7 Å². The third-order valence-electron chi connectivity index (χ3n) is 6.95. The number of carbonyl (C=O) groups excluding carboxylic acids is 2. The number of hydrogen-bond donors (Lipinski definition) is 3. The molecule has 1 aliphatic heterocycles. The molecule has 2 aromatic carbocycles. The minimum absolute atomic E-state index is 0.0281. The van der Waals surface area contributed by atoms with E-state index in [1.54, 1.807) is 23.1 Å². The number of benzene rings is 2. The van der Waals surface area contributed by atoms with Gasteiger partial charge in [-0.1, -0.05) is 37.3 Å². The first-order valence-corrected chi connectivity index (χ1v) is 13.6. The van der Waals surface area contributed by atoms with E-state index in [2.05, 4.69) is 17.6 Å². The Labute approximate surface area is 226 Å². The molecule has 2 aromatic rings. The van der Waals surface area contributed by atoms with Crippen molar-refractivity contribution in [2.45, 2.75) is 64.7 Å². The van der Waals surface area contributed by atoms with Gasteiger partial charge in [0.05, 0.1) is 36.8 Å². The molecule has 4 atom stereocenters. The molecule has 3 N–H and O–H groups in total. The molecule has 0 unspecified atom stereocenters. The molecule has 0 saturated carbocycles. The Kier molecular flexibility index (Phi) is 11.6. The molecule has 8 heteroatoms. The van der Waals surface area contributed by atoms with Crippen LogP contribution in [0.25, 0.3) is 0 Å². The van der Waals surface area contributed by atoms with Crippen molar-refractivity contribution in [3.63, 3.8) is 0 Å². The van der Waals surface area contributed by atoms with Crippen LogP contribution in [0.3, 0.4) is 0 Å². The lowest BCUT2D eigenvalue weighted by Crippen LogP contribution is -2.47. The summed E-state index contributed by atoms with van der Waals surface area (Å²) in [5, 5.41) is 16.1. The SMILES string of the molecule is CNC[C@@H]1OCCCC[C@H](C)Oc2ccc(NC(=O)Cc3ccccc3)cc2C(=O)N([C@@H](C)CO)C[C@H]1C. The van der Waals surface area contributed by atoms with Crippen LogP contribution in [0.5, 0.6) is 5.75 Å². The van der Waals surface area contributed by atoms with Gasteiger partial charge in [-0.3, -0.25) is 9.59 Å². The Morgan fingerprint density at radius 1 is 1.16 bits per heavy atom. The average Bonchev–Trinajstić information content (AvgIpc) is 2.90. The quantitative estimate of drug-likeness (QED) is 0.507. The van der Waals surface area contributed by atoms with Crippen LogP contribution in [0, 0.1) is 5.92 Å². The maximum Gasteiger partial charge on any atom is 0.258 e. The zero-order valence-electron chi connectivity index (χ0n) is 23.1. The number of amides is 2. The summed E-state index contributed by atoms with van der Waals surface area (Å²) in [5.41, 5.74) is 1.80. The summed E-state index contributed by atoms with van der Waals surface area (Å²) < 4.78 is 12.4. The molecule has 8 nitrogen and oxygen atoms in total. The van der Waals surface area contributed by atoms with Crippen LogP contribution in [-0.2, 0) is 16.0 Å². The summed E-state index contributed by atoms with van der Waals surface area (Å²) in [7, 11) is 1.89. The van der Waals surface area contributed by atoms with E-state index < -0.39 is 6.04 Å². The number of nitrogens with one attached hydrogen (secondary N) is 2. The van der Waals surface area contributed by atoms with Gasteiger partial charge in [0.2, 0.25) is 5.91 Å². The summed E-state index contributed by atoms with van der Waals surface area (Å²) >= 11 is 0. The fourth-order valence-corrected chi connectivity index (χ4v) is 4.68. The Balaban J connectivity index is 1.93. The molecule has 0 bridgehead atoms. The number of hydrogen-bond acceptors (Lipinski definition) is 6. The lowest BCUT2D eigenvalue weighted by molar-refractivity contribution is -0.115. The lowest BCUT2D eigenvalue weighted by Gasteiger charge is -2.34. The van der Waals surface area contributed by atoms with Crippen molar-refractivity contribution in [2.24, 2.45) is 5.92 Å². The molecule has 2 amide bonds. The zero-order chi connectivity index (χ0) is 27.5. The zero-order valence-corrected chi connectivity index (χ0v) is 23.1. The minimum Gasteiger partial charge on any atom is -0.490 e. The molecule has 1 heterocycles. The van der Waals surface area contributed by atoms with Crippen molar-refractivity contribution in [3.8, 4) is 5.75 Å². The highest BCUT2D eigenvalue weighted by Gasteiger charge is 2.29. The summed E-state index contributed by atoms with van der Waals surface area (Å²) in [4.78, 5) is 28.4. The first-order valence-electron chi connectivity index (χ1n) is 13.6. The first kappa shape index (κ1) is 29.6. The summed E-state index contributed by atoms with van der Waals surface area (Å²) in [6.45, 7) is 7.45. The minimum atomic E-state index is -0.408. The van der Waals surface area contributed by atoms with E-state index in [1.807, 2.05) is 51.2 Å². The molecular weight excluding hydrogens is 482 g/mol. The van der Waals surface area contributed by atoms with Crippen molar-refractivity contribution in [2.75, 3.05) is 38.7 Å². The third-order valence-corrected chi connectivity index (χ3v) is 6.95. The lowest BCUT2D eigenvalue weighted by atomic mass is 10.0. The van der Waals surface area contributed by atoms with Crippen LogP contribution in [-0.4, -0.2) is 73.4 Å². The second kappa shape index (κ2) is 14.9. The molecule has 3 rings (SSSR count). The van der Waals surface area contributed by atoms with E-state index in [1.165, 1.54) is 0 Å². The standard InChI is InChI=1S/C30H43N3O5/c1-21-19-33(22(2)20-34)30(36)26-17-25(32-29(35)16-24-11-6-5-7-12-24)13-14-27(26)38-23(3)10-8-9-15-37-28(21)18-31-4/h5-7,11-14,17,21-23,28,31,34H,8-10,15-16,18-20H2,1-4H3,(H,32,35)/t21-,22+,23+,28+/m1/s1. The number of rotatable bonds is 7. The molecule has 0 aliphatic carbocycles. The largest absolute Gasteiger partial charge is 0.490 e. The normalized spacial score (nSPS) is 22.1. The van der Waals surface area contributed by atoms with Gasteiger partial charge in [-0.2, -0.15) is 0 Å². The fraction of sp³-hybridized carbons (Fsp3) is 0.533. The second-order valence-corrected chi connectivity index (χ2v) is 10.3. The molecule has 38 heavy (non-hydrogen) atoms. The maximum atomic E-state index is 14.0. The molecule has 0 fully saturated rings. The van der Waals surface area contributed by atoms with E-state index >= 15 is 0 Å². The summed E-state index contributed by atoms with van der Waals surface area (Å²) in [6.07, 6.45) is 2.77. The molecular formula is C30H43N3O5. The van der Waals surface area contributed by atoms with Gasteiger partial charge >= 0.3 is 0 Å². The van der Waals surface area contributed by atoms with Gasteiger partial charge in [-0.05, 0) is 63.9 Å². The van der Waals surface area contributed by atoms with Gasteiger partial charge < -0.3 is 30.1 Å². The number of fused-ring (bicyclic) bond motifs is 1. The Morgan fingerprint density at radius 3 is 2.63 bits per heavy atom. The number of ether oxygens (including phenoxy) is 2. The van der Waals surface area contributed by atoms with Crippen LogP contribution in [0.2, 0.25) is 0 Å². The topological polar surface area (TPSA) is 100 Å². The van der Waals surface area contributed by atoms with E-state index in [-0.39, 0.29) is 43.0 Å². The van der Waals surface area contributed by atoms with Crippen molar-refractivity contribution >= 4 is 17.5 Å². The van der Waals surface area contributed by atoms with Crippen LogP contribution >= 0.6 is 0 Å². The van der Waals surface area contributed by atoms with Crippen molar-refractivity contribution < 1.29 is 24.2 Å². The molecule has 0 radical (unpaired) electrons. The maximum absolute atomic E-state index is 14.0. The first-order chi connectivity index (χ1) is 18.3. The number of nitrogens with zero attached hydrogens (tertiary/aromatic N) is 1. The van der Waals surface area contributed by atoms with Crippen LogP contribution in [0.15, 0.2) is 48.5 Å². The Hall–Kier alpha value is -2.94. The Morgan fingerprint density at radius 2 is 1.92 bits per heavy atom. The highest BCUT2D eigenvalue weighted by Crippen LogP contribution is 2.28. The summed E-state index contributed by atoms with van der Waals surface area (Å²) in [6, 6.07) is 14.3. The fourth-order valence-electron chi connectivity index (χ4n) is 4.68. The Bertz CT molecular complexity index is 1030.